The Kier molecular flexibility index (Phi) is 4.01. The first-order valence-corrected chi connectivity index (χ1v) is 8.26. The molecule has 0 bridgehead atoms. The van der Waals surface area contributed by atoms with Crippen LogP contribution in [0.15, 0.2) is 29.2 Å². The van der Waals surface area contributed by atoms with Crippen molar-refractivity contribution in [3.8, 4) is 0 Å². The first kappa shape index (κ1) is 13.9. The third kappa shape index (κ3) is 2.34. The lowest BCUT2D eigenvalue weighted by atomic mass is 9.68. The summed E-state index contributed by atoms with van der Waals surface area (Å²) in [7, 11) is 0. The van der Waals surface area contributed by atoms with Crippen molar-refractivity contribution in [2.24, 2.45) is 11.7 Å². The highest BCUT2D eigenvalue weighted by atomic mass is 32.2. The molecule has 3 rings (SSSR count). The van der Waals surface area contributed by atoms with Crippen LogP contribution in [0.2, 0.25) is 0 Å². The van der Waals surface area contributed by atoms with Gasteiger partial charge < -0.3 is 15.8 Å². The number of carbonyl (C=O) groups is 1. The van der Waals surface area contributed by atoms with E-state index in [1.807, 2.05) is 30.5 Å². The summed E-state index contributed by atoms with van der Waals surface area (Å²) in [6.07, 6.45) is 4.26. The molecule has 3 N–H and O–H groups in total. The van der Waals surface area contributed by atoms with Gasteiger partial charge in [0, 0.05) is 23.5 Å². The number of nitrogens with two attached hydrogens (primary N) is 1. The molecule has 2 aliphatic rings. The van der Waals surface area contributed by atoms with Crippen molar-refractivity contribution in [3.63, 3.8) is 0 Å². The molecule has 1 saturated carbocycles. The third-order valence-electron chi connectivity index (χ3n) is 4.33. The van der Waals surface area contributed by atoms with Crippen LogP contribution in [0.1, 0.15) is 23.2 Å². The van der Waals surface area contributed by atoms with E-state index in [0.717, 1.165) is 24.3 Å². The lowest BCUT2D eigenvalue weighted by molar-refractivity contribution is -0.117. The topological polar surface area (TPSA) is 64.4 Å². The second-order valence-electron chi connectivity index (χ2n) is 5.42. The number of amides is 1. The van der Waals surface area contributed by atoms with E-state index in [1.54, 1.807) is 11.8 Å². The van der Waals surface area contributed by atoms with Crippen molar-refractivity contribution in [2.45, 2.75) is 35.9 Å². The molecule has 0 radical (unpaired) electrons. The molecule has 4 nitrogen and oxygen atoms in total. The first-order valence-electron chi connectivity index (χ1n) is 7.03. The Labute approximate surface area is 123 Å². The molecule has 20 heavy (non-hydrogen) atoms. The number of hydrogen-bond donors (Lipinski definition) is 2. The van der Waals surface area contributed by atoms with Crippen LogP contribution in [-0.4, -0.2) is 37.0 Å². The summed E-state index contributed by atoms with van der Waals surface area (Å²) in [4.78, 5) is 13.4. The quantitative estimate of drug-likeness (QED) is 0.831. The molecule has 1 aliphatic carbocycles. The zero-order chi connectivity index (χ0) is 14.1. The molecule has 4 atom stereocenters. The molecule has 5 heteroatoms. The van der Waals surface area contributed by atoms with Gasteiger partial charge in [-0.05, 0) is 31.2 Å². The Bertz CT molecular complexity index is 508. The van der Waals surface area contributed by atoms with Crippen LogP contribution in [0, 0.1) is 5.92 Å². The highest BCUT2D eigenvalue weighted by molar-refractivity contribution is 7.98. The first-order chi connectivity index (χ1) is 9.72. The maximum atomic E-state index is 12.4. The van der Waals surface area contributed by atoms with E-state index in [2.05, 4.69) is 5.32 Å². The van der Waals surface area contributed by atoms with Gasteiger partial charge in [0.15, 0.2) is 0 Å². The lowest BCUT2D eigenvalue weighted by Crippen LogP contribution is -2.72. The van der Waals surface area contributed by atoms with Crippen molar-refractivity contribution >= 4 is 17.7 Å². The lowest BCUT2D eigenvalue weighted by Gasteiger charge is -2.52. The van der Waals surface area contributed by atoms with E-state index >= 15 is 0 Å². The Morgan fingerprint density at radius 1 is 1.45 bits per heavy atom. The summed E-state index contributed by atoms with van der Waals surface area (Å²) in [5.74, 6) is 0.355. The minimum Gasteiger partial charge on any atom is -0.376 e. The standard InChI is InChI=1S/C15H20N2O2S/c1-20-11-7-3-2-5-9(11)15(18)17-13-12(16)10-6-4-8-19-14(10)13/h2-3,5,7,10,12-14H,4,6,8,16H2,1H3,(H,17,18). The molecule has 108 valence electrons. The van der Waals surface area contributed by atoms with E-state index in [0.29, 0.717) is 11.5 Å². The maximum absolute atomic E-state index is 12.4. The molecular formula is C15H20N2O2S. The number of nitrogens with one attached hydrogen (secondary N) is 1. The normalized spacial score (nSPS) is 32.1. The van der Waals surface area contributed by atoms with Crippen molar-refractivity contribution in [3.05, 3.63) is 29.8 Å². The van der Waals surface area contributed by atoms with Crippen LogP contribution in [0.5, 0.6) is 0 Å². The zero-order valence-electron chi connectivity index (χ0n) is 11.5. The molecular weight excluding hydrogens is 272 g/mol. The van der Waals surface area contributed by atoms with E-state index in [9.17, 15) is 4.79 Å². The summed E-state index contributed by atoms with van der Waals surface area (Å²) in [5, 5.41) is 3.05. The summed E-state index contributed by atoms with van der Waals surface area (Å²) in [6, 6.07) is 7.60. The maximum Gasteiger partial charge on any atom is 0.252 e. The summed E-state index contributed by atoms with van der Waals surface area (Å²) < 4.78 is 5.75. The number of benzene rings is 1. The molecule has 0 spiro atoms. The Morgan fingerprint density at radius 2 is 2.25 bits per heavy atom. The van der Waals surface area contributed by atoms with Crippen molar-refractivity contribution in [1.29, 1.82) is 0 Å². The highest BCUT2D eigenvalue weighted by Crippen LogP contribution is 2.37. The van der Waals surface area contributed by atoms with Gasteiger partial charge >= 0.3 is 0 Å². The number of fused-ring (bicyclic) bond motifs is 1. The van der Waals surface area contributed by atoms with Crippen LogP contribution in [0.4, 0.5) is 0 Å². The predicted molar refractivity (Wildman–Crippen MR) is 79.9 cm³/mol. The second-order valence-corrected chi connectivity index (χ2v) is 6.27. The molecule has 1 aromatic rings. The third-order valence-corrected chi connectivity index (χ3v) is 5.12. The van der Waals surface area contributed by atoms with Crippen LogP contribution in [0.25, 0.3) is 0 Å². The van der Waals surface area contributed by atoms with Crippen LogP contribution in [-0.2, 0) is 4.74 Å². The smallest absolute Gasteiger partial charge is 0.252 e. The largest absolute Gasteiger partial charge is 0.376 e. The number of ether oxygens (including phenoxy) is 1. The van der Waals surface area contributed by atoms with E-state index in [1.165, 1.54) is 0 Å². The minimum atomic E-state index is -0.0530. The molecule has 0 aromatic heterocycles. The van der Waals surface area contributed by atoms with E-state index in [-0.39, 0.29) is 24.1 Å². The average molecular weight is 292 g/mol. The molecule has 1 amide bonds. The van der Waals surface area contributed by atoms with Crippen LogP contribution < -0.4 is 11.1 Å². The Balaban J connectivity index is 1.70. The van der Waals surface area contributed by atoms with Gasteiger partial charge in [0.2, 0.25) is 0 Å². The summed E-state index contributed by atoms with van der Waals surface area (Å²) in [5.41, 5.74) is 6.89. The predicted octanol–water partition coefficient (Wildman–Crippen LogP) is 1.64. The average Bonchev–Trinajstić information content (AvgIpc) is 2.51. The molecule has 2 fully saturated rings. The number of thioether (sulfide) groups is 1. The van der Waals surface area contributed by atoms with Gasteiger partial charge in [-0.3, -0.25) is 4.79 Å². The highest BCUT2D eigenvalue weighted by Gasteiger charge is 2.51. The van der Waals surface area contributed by atoms with Gasteiger partial charge in [-0.2, -0.15) is 0 Å². The summed E-state index contributed by atoms with van der Waals surface area (Å²) in [6.45, 7) is 0.779. The molecule has 1 aliphatic heterocycles. The Morgan fingerprint density at radius 3 is 3.05 bits per heavy atom. The number of carbonyl (C=O) groups excluding carboxylic acids is 1. The fraction of sp³-hybridized carbons (Fsp3) is 0.533. The fourth-order valence-corrected chi connectivity index (χ4v) is 3.78. The monoisotopic (exact) mass is 292 g/mol. The minimum absolute atomic E-state index is 0.0192. The molecule has 1 heterocycles. The Hall–Kier alpha value is -1.04. The van der Waals surface area contributed by atoms with Crippen molar-refractivity contribution in [2.75, 3.05) is 12.9 Å². The van der Waals surface area contributed by atoms with Gasteiger partial charge in [-0.15, -0.1) is 11.8 Å². The van der Waals surface area contributed by atoms with Gasteiger partial charge in [-0.1, -0.05) is 12.1 Å². The SMILES string of the molecule is CSc1ccccc1C(=O)NC1C(N)C2CCCOC21. The van der Waals surface area contributed by atoms with E-state index in [4.69, 9.17) is 10.5 Å². The second kappa shape index (κ2) is 5.76. The summed E-state index contributed by atoms with van der Waals surface area (Å²) >= 11 is 1.58. The van der Waals surface area contributed by atoms with Crippen molar-refractivity contribution < 1.29 is 9.53 Å². The molecule has 1 saturated heterocycles. The van der Waals surface area contributed by atoms with Crippen LogP contribution >= 0.6 is 11.8 Å². The van der Waals surface area contributed by atoms with Gasteiger partial charge in [-0.25, -0.2) is 0 Å². The molecule has 4 unspecified atom stereocenters. The zero-order valence-corrected chi connectivity index (χ0v) is 12.4. The van der Waals surface area contributed by atoms with Gasteiger partial charge in [0.05, 0.1) is 17.7 Å². The van der Waals surface area contributed by atoms with Crippen LogP contribution in [0.3, 0.4) is 0 Å². The van der Waals surface area contributed by atoms with Crippen molar-refractivity contribution in [1.82, 2.24) is 5.32 Å². The fourth-order valence-electron chi connectivity index (χ4n) is 3.19. The number of rotatable bonds is 3. The van der Waals surface area contributed by atoms with Gasteiger partial charge in [0.1, 0.15) is 0 Å². The number of hydrogen-bond acceptors (Lipinski definition) is 4. The molecule has 1 aromatic carbocycles. The van der Waals surface area contributed by atoms with E-state index < -0.39 is 0 Å². The van der Waals surface area contributed by atoms with Gasteiger partial charge in [0.25, 0.3) is 5.91 Å².